The largest absolute Gasteiger partial charge is 0.350 e. The van der Waals surface area contributed by atoms with Crippen molar-refractivity contribution in [3.63, 3.8) is 0 Å². The zero-order chi connectivity index (χ0) is 14.5. The van der Waals surface area contributed by atoms with Gasteiger partial charge >= 0.3 is 0 Å². The first-order valence-electron chi connectivity index (χ1n) is 7.34. The predicted octanol–water partition coefficient (Wildman–Crippen LogP) is 0.364. The van der Waals surface area contributed by atoms with Crippen LogP contribution in [0, 0.1) is 6.92 Å². The van der Waals surface area contributed by atoms with Crippen LogP contribution in [-0.4, -0.2) is 53.3 Å². The van der Waals surface area contributed by atoms with Gasteiger partial charge in [-0.2, -0.15) is 5.10 Å². The van der Waals surface area contributed by atoms with Crippen LogP contribution in [0.15, 0.2) is 6.20 Å². The SMILES string of the molecule is Cc1c(C(=O)NCC2CCCN2C)cnn1CCCN. The Balaban J connectivity index is 1.90. The Bertz CT molecular complexity index is 456. The van der Waals surface area contributed by atoms with Gasteiger partial charge in [0.2, 0.25) is 0 Å². The van der Waals surface area contributed by atoms with Crippen LogP contribution in [0.4, 0.5) is 0 Å². The first-order chi connectivity index (χ1) is 9.63. The third-order valence-corrected chi connectivity index (χ3v) is 4.09. The van der Waals surface area contributed by atoms with Gasteiger partial charge in [-0.25, -0.2) is 0 Å². The number of nitrogens with one attached hydrogen (secondary N) is 1. The molecular weight excluding hydrogens is 254 g/mol. The van der Waals surface area contributed by atoms with Crippen molar-refractivity contribution < 1.29 is 4.79 Å². The van der Waals surface area contributed by atoms with Crippen molar-refractivity contribution in [2.45, 2.75) is 38.8 Å². The van der Waals surface area contributed by atoms with Crippen molar-refractivity contribution >= 4 is 5.91 Å². The summed E-state index contributed by atoms with van der Waals surface area (Å²) in [4.78, 5) is 14.5. The lowest BCUT2D eigenvalue weighted by Gasteiger charge is -2.19. The fourth-order valence-electron chi connectivity index (χ4n) is 2.68. The topological polar surface area (TPSA) is 76.2 Å². The molecule has 1 aliphatic rings. The van der Waals surface area contributed by atoms with Gasteiger partial charge in [0.05, 0.1) is 11.8 Å². The van der Waals surface area contributed by atoms with Gasteiger partial charge in [0.1, 0.15) is 0 Å². The molecule has 1 aromatic heterocycles. The lowest BCUT2D eigenvalue weighted by molar-refractivity contribution is 0.0943. The molecule has 1 unspecified atom stereocenters. The normalized spacial score (nSPS) is 19.4. The molecular formula is C14H25N5O. The minimum absolute atomic E-state index is 0.0261. The zero-order valence-corrected chi connectivity index (χ0v) is 12.4. The van der Waals surface area contributed by atoms with Gasteiger partial charge in [-0.1, -0.05) is 0 Å². The Morgan fingerprint density at radius 2 is 2.40 bits per heavy atom. The average Bonchev–Trinajstić information content (AvgIpc) is 3.00. The van der Waals surface area contributed by atoms with Crippen molar-refractivity contribution in [3.8, 4) is 0 Å². The van der Waals surface area contributed by atoms with E-state index >= 15 is 0 Å². The number of nitrogens with two attached hydrogens (primary N) is 1. The van der Waals surface area contributed by atoms with Gasteiger partial charge in [0.25, 0.3) is 5.91 Å². The average molecular weight is 279 g/mol. The van der Waals surface area contributed by atoms with E-state index in [9.17, 15) is 4.79 Å². The van der Waals surface area contributed by atoms with E-state index in [1.807, 2.05) is 11.6 Å². The van der Waals surface area contributed by atoms with E-state index in [1.54, 1.807) is 6.20 Å². The smallest absolute Gasteiger partial charge is 0.254 e. The number of likely N-dealkylation sites (tertiary alicyclic amines) is 1. The quantitative estimate of drug-likeness (QED) is 0.788. The number of aromatic nitrogens is 2. The predicted molar refractivity (Wildman–Crippen MR) is 78.6 cm³/mol. The van der Waals surface area contributed by atoms with Crippen LogP contribution in [0.25, 0.3) is 0 Å². The van der Waals surface area contributed by atoms with Crippen molar-refractivity contribution in [3.05, 3.63) is 17.5 Å². The van der Waals surface area contributed by atoms with Crippen LogP contribution >= 0.6 is 0 Å². The van der Waals surface area contributed by atoms with Crippen LogP contribution in [0.2, 0.25) is 0 Å². The molecule has 1 atom stereocenters. The highest BCUT2D eigenvalue weighted by Crippen LogP contribution is 2.14. The lowest BCUT2D eigenvalue weighted by Crippen LogP contribution is -2.38. The summed E-state index contributed by atoms with van der Waals surface area (Å²) >= 11 is 0. The molecule has 0 bridgehead atoms. The van der Waals surface area contributed by atoms with E-state index in [4.69, 9.17) is 5.73 Å². The summed E-state index contributed by atoms with van der Waals surface area (Å²) in [6.07, 6.45) is 4.90. The van der Waals surface area contributed by atoms with Crippen LogP contribution in [0.3, 0.4) is 0 Å². The monoisotopic (exact) mass is 279 g/mol. The number of aryl methyl sites for hydroxylation is 1. The first kappa shape index (κ1) is 15.0. The Labute approximate surface area is 120 Å². The third kappa shape index (κ3) is 3.37. The Morgan fingerprint density at radius 1 is 1.60 bits per heavy atom. The molecule has 0 spiro atoms. The summed E-state index contributed by atoms with van der Waals surface area (Å²) in [5.74, 6) is -0.0261. The maximum atomic E-state index is 12.2. The maximum Gasteiger partial charge on any atom is 0.254 e. The number of hydrogen-bond acceptors (Lipinski definition) is 4. The standard InChI is InChI=1S/C14H25N5O/c1-11-13(10-17-19(11)8-4-6-15)14(20)16-9-12-5-3-7-18(12)2/h10,12H,3-9,15H2,1-2H3,(H,16,20). The number of carbonyl (C=O) groups excluding carboxylic acids is 1. The fourth-order valence-corrected chi connectivity index (χ4v) is 2.68. The Morgan fingerprint density at radius 3 is 3.05 bits per heavy atom. The lowest BCUT2D eigenvalue weighted by atomic mass is 10.2. The zero-order valence-electron chi connectivity index (χ0n) is 12.4. The van der Waals surface area contributed by atoms with Gasteiger partial charge in [0, 0.05) is 24.8 Å². The molecule has 1 saturated heterocycles. The molecule has 112 valence electrons. The molecule has 0 aromatic carbocycles. The molecule has 6 heteroatoms. The van der Waals surface area contributed by atoms with Crippen molar-refractivity contribution in [2.24, 2.45) is 5.73 Å². The number of hydrogen-bond donors (Lipinski definition) is 2. The van der Waals surface area contributed by atoms with Crippen LogP contribution in [0.1, 0.15) is 35.3 Å². The molecule has 2 heterocycles. The minimum Gasteiger partial charge on any atom is -0.350 e. The maximum absolute atomic E-state index is 12.2. The number of carbonyl (C=O) groups is 1. The van der Waals surface area contributed by atoms with Crippen molar-refractivity contribution in [1.82, 2.24) is 20.0 Å². The van der Waals surface area contributed by atoms with Gasteiger partial charge in [-0.05, 0) is 46.3 Å². The number of nitrogens with zero attached hydrogens (tertiary/aromatic N) is 3. The van der Waals surface area contributed by atoms with E-state index in [0.29, 0.717) is 24.7 Å². The second kappa shape index (κ2) is 6.85. The van der Waals surface area contributed by atoms with Crippen molar-refractivity contribution in [1.29, 1.82) is 0 Å². The van der Waals surface area contributed by atoms with E-state index < -0.39 is 0 Å². The van der Waals surface area contributed by atoms with Crippen molar-refractivity contribution in [2.75, 3.05) is 26.7 Å². The summed E-state index contributed by atoms with van der Waals surface area (Å²) in [6, 6.07) is 0.464. The molecule has 3 N–H and O–H groups in total. The molecule has 2 rings (SSSR count). The highest BCUT2D eigenvalue weighted by Gasteiger charge is 2.22. The highest BCUT2D eigenvalue weighted by atomic mass is 16.1. The molecule has 1 fully saturated rings. The van der Waals surface area contributed by atoms with Crippen LogP contribution in [0.5, 0.6) is 0 Å². The van der Waals surface area contributed by atoms with Gasteiger partial charge in [-0.3, -0.25) is 9.48 Å². The highest BCUT2D eigenvalue weighted by molar-refractivity contribution is 5.95. The molecule has 0 saturated carbocycles. The summed E-state index contributed by atoms with van der Waals surface area (Å²) in [5.41, 5.74) is 7.08. The van der Waals surface area contributed by atoms with E-state index in [0.717, 1.165) is 31.6 Å². The van der Waals surface area contributed by atoms with Gasteiger partial charge < -0.3 is 16.0 Å². The number of rotatable bonds is 6. The summed E-state index contributed by atoms with van der Waals surface area (Å²) in [6.45, 7) is 5.16. The molecule has 1 aliphatic heterocycles. The second-order valence-electron chi connectivity index (χ2n) is 5.50. The fraction of sp³-hybridized carbons (Fsp3) is 0.714. The van der Waals surface area contributed by atoms with E-state index in [1.165, 1.54) is 6.42 Å². The number of likely N-dealkylation sites (N-methyl/N-ethyl adjacent to an activating group) is 1. The second-order valence-corrected chi connectivity index (χ2v) is 5.50. The molecule has 20 heavy (non-hydrogen) atoms. The van der Waals surface area contributed by atoms with E-state index in [-0.39, 0.29) is 5.91 Å². The molecule has 6 nitrogen and oxygen atoms in total. The summed E-state index contributed by atoms with van der Waals surface area (Å²) < 4.78 is 1.85. The molecule has 1 aromatic rings. The van der Waals surface area contributed by atoms with Gasteiger partial charge in [0.15, 0.2) is 0 Å². The van der Waals surface area contributed by atoms with Crippen LogP contribution < -0.4 is 11.1 Å². The van der Waals surface area contributed by atoms with Crippen LogP contribution in [-0.2, 0) is 6.54 Å². The third-order valence-electron chi connectivity index (χ3n) is 4.09. The molecule has 0 radical (unpaired) electrons. The molecule has 0 aliphatic carbocycles. The van der Waals surface area contributed by atoms with Gasteiger partial charge in [-0.15, -0.1) is 0 Å². The summed E-state index contributed by atoms with van der Waals surface area (Å²) in [7, 11) is 2.11. The first-order valence-corrected chi connectivity index (χ1v) is 7.34. The van der Waals surface area contributed by atoms with E-state index in [2.05, 4.69) is 22.4 Å². The Hall–Kier alpha value is -1.40. The molecule has 1 amide bonds. The Kier molecular flexibility index (Phi) is 5.14. The summed E-state index contributed by atoms with van der Waals surface area (Å²) in [5, 5.41) is 7.28. The minimum atomic E-state index is -0.0261. The number of amides is 1.